The van der Waals surface area contributed by atoms with Crippen molar-refractivity contribution in [3.05, 3.63) is 23.8 Å². The Labute approximate surface area is 157 Å². The van der Waals surface area contributed by atoms with Gasteiger partial charge in [0.1, 0.15) is 5.75 Å². The average molecular weight is 398 g/mol. The molecule has 2 saturated heterocycles. The van der Waals surface area contributed by atoms with Crippen molar-refractivity contribution in [2.75, 3.05) is 46.5 Å². The molecule has 148 valence electrons. The van der Waals surface area contributed by atoms with Crippen LogP contribution in [-0.4, -0.2) is 81.1 Å². The molecule has 1 aromatic rings. The van der Waals surface area contributed by atoms with Crippen LogP contribution in [0.3, 0.4) is 0 Å². The number of aliphatic carboxylic acids is 1. The molecule has 2 aliphatic heterocycles. The number of nitrogens with zero attached hydrogens (tertiary/aromatic N) is 2. The van der Waals surface area contributed by atoms with Gasteiger partial charge < -0.3 is 19.5 Å². The van der Waals surface area contributed by atoms with Crippen molar-refractivity contribution in [2.45, 2.75) is 11.3 Å². The predicted molar refractivity (Wildman–Crippen MR) is 94.2 cm³/mol. The van der Waals surface area contributed by atoms with Crippen LogP contribution in [0.2, 0.25) is 0 Å². The monoisotopic (exact) mass is 398 g/mol. The summed E-state index contributed by atoms with van der Waals surface area (Å²) in [5.41, 5.74) is 0.109. The highest BCUT2D eigenvalue weighted by molar-refractivity contribution is 7.89. The number of benzene rings is 1. The van der Waals surface area contributed by atoms with Gasteiger partial charge >= 0.3 is 5.97 Å². The largest absolute Gasteiger partial charge is 0.496 e. The van der Waals surface area contributed by atoms with Crippen LogP contribution >= 0.6 is 0 Å². The number of likely N-dealkylation sites (tertiary alicyclic amines) is 1. The van der Waals surface area contributed by atoms with E-state index in [9.17, 15) is 18.0 Å². The summed E-state index contributed by atoms with van der Waals surface area (Å²) in [7, 11) is -2.36. The third-order valence-electron chi connectivity index (χ3n) is 4.83. The second kappa shape index (κ2) is 7.83. The fourth-order valence-electron chi connectivity index (χ4n) is 3.27. The minimum absolute atomic E-state index is 0.00234. The normalized spacial score (nSPS) is 21.2. The Balaban J connectivity index is 1.90. The molecule has 2 fully saturated rings. The lowest BCUT2D eigenvalue weighted by atomic mass is 10.1. The molecule has 9 nitrogen and oxygen atoms in total. The Morgan fingerprint density at radius 1 is 1.22 bits per heavy atom. The standard InChI is InChI=1S/C17H22N2O7S/c1-25-15-3-2-13(27(23,24)19-6-8-26-9-7-19)10-14(15)16(20)18-5-4-12(11-18)17(21)22/h2-3,10,12H,4-9,11H2,1H3,(H,21,22). The number of carbonyl (C=O) groups excluding carboxylic acids is 1. The molecule has 0 aliphatic carbocycles. The number of amides is 1. The van der Waals surface area contributed by atoms with E-state index < -0.39 is 27.8 Å². The Bertz CT molecular complexity index is 834. The molecule has 2 aliphatic rings. The first-order valence-corrected chi connectivity index (χ1v) is 10.1. The van der Waals surface area contributed by atoms with E-state index >= 15 is 0 Å². The van der Waals surface area contributed by atoms with Crippen molar-refractivity contribution in [3.63, 3.8) is 0 Å². The van der Waals surface area contributed by atoms with Crippen LogP contribution in [0.4, 0.5) is 0 Å². The summed E-state index contributed by atoms with van der Waals surface area (Å²) in [6.45, 7) is 1.56. The zero-order chi connectivity index (χ0) is 19.6. The molecule has 10 heteroatoms. The minimum atomic E-state index is -3.76. The number of hydrogen-bond acceptors (Lipinski definition) is 6. The minimum Gasteiger partial charge on any atom is -0.496 e. The Kier molecular flexibility index (Phi) is 5.68. The topological polar surface area (TPSA) is 113 Å². The fraction of sp³-hybridized carbons (Fsp3) is 0.529. The summed E-state index contributed by atoms with van der Waals surface area (Å²) in [5.74, 6) is -1.74. The fourth-order valence-corrected chi connectivity index (χ4v) is 4.70. The van der Waals surface area contributed by atoms with Crippen molar-refractivity contribution in [1.29, 1.82) is 0 Å². The highest BCUT2D eigenvalue weighted by Gasteiger charge is 2.33. The van der Waals surface area contributed by atoms with Gasteiger partial charge in [-0.2, -0.15) is 4.31 Å². The molecule has 1 aromatic carbocycles. The van der Waals surface area contributed by atoms with Crippen molar-refractivity contribution in [3.8, 4) is 5.75 Å². The van der Waals surface area contributed by atoms with E-state index in [4.69, 9.17) is 14.6 Å². The molecule has 3 rings (SSSR count). The Morgan fingerprint density at radius 3 is 2.52 bits per heavy atom. The maximum absolute atomic E-state index is 12.9. The van der Waals surface area contributed by atoms with Gasteiger partial charge in [0.25, 0.3) is 5.91 Å². The number of ether oxygens (including phenoxy) is 2. The number of carbonyl (C=O) groups is 2. The summed E-state index contributed by atoms with van der Waals surface area (Å²) in [5, 5.41) is 9.12. The van der Waals surface area contributed by atoms with Crippen molar-refractivity contribution >= 4 is 21.9 Å². The van der Waals surface area contributed by atoms with E-state index in [1.807, 2.05) is 0 Å². The highest BCUT2D eigenvalue weighted by Crippen LogP contribution is 2.28. The van der Waals surface area contributed by atoms with Gasteiger partial charge in [-0.1, -0.05) is 0 Å². The number of carboxylic acid groups (broad SMARTS) is 1. The molecule has 1 unspecified atom stereocenters. The smallest absolute Gasteiger partial charge is 0.308 e. The molecule has 1 atom stereocenters. The maximum Gasteiger partial charge on any atom is 0.308 e. The molecule has 0 radical (unpaired) electrons. The Hall–Kier alpha value is -2.17. The molecule has 1 amide bonds. The quantitative estimate of drug-likeness (QED) is 0.757. The van der Waals surface area contributed by atoms with E-state index in [0.717, 1.165) is 0 Å². The van der Waals surface area contributed by atoms with Crippen LogP contribution in [0.5, 0.6) is 5.75 Å². The van der Waals surface area contributed by atoms with Crippen LogP contribution in [0, 0.1) is 5.92 Å². The van der Waals surface area contributed by atoms with E-state index in [-0.39, 0.29) is 35.8 Å². The predicted octanol–water partition coefficient (Wildman–Crippen LogP) is 0.263. The maximum atomic E-state index is 12.9. The van der Waals surface area contributed by atoms with E-state index in [0.29, 0.717) is 26.2 Å². The second-order valence-corrected chi connectivity index (χ2v) is 8.39. The van der Waals surface area contributed by atoms with Crippen LogP contribution < -0.4 is 4.74 Å². The lowest BCUT2D eigenvalue weighted by Gasteiger charge is -2.26. The van der Waals surface area contributed by atoms with Gasteiger partial charge in [0.15, 0.2) is 0 Å². The second-order valence-electron chi connectivity index (χ2n) is 6.45. The summed E-state index contributed by atoms with van der Waals surface area (Å²) < 4.78 is 37.4. The molecule has 0 bridgehead atoms. The number of rotatable bonds is 5. The molecular weight excluding hydrogens is 376 g/mol. The summed E-state index contributed by atoms with van der Waals surface area (Å²) in [6.07, 6.45) is 0.370. The van der Waals surface area contributed by atoms with E-state index in [1.54, 1.807) is 0 Å². The zero-order valence-electron chi connectivity index (χ0n) is 15.0. The Morgan fingerprint density at radius 2 is 1.93 bits per heavy atom. The molecular formula is C17H22N2O7S. The first-order chi connectivity index (χ1) is 12.8. The third kappa shape index (κ3) is 3.92. The lowest BCUT2D eigenvalue weighted by Crippen LogP contribution is -2.40. The van der Waals surface area contributed by atoms with E-state index in [2.05, 4.69) is 0 Å². The van der Waals surface area contributed by atoms with Gasteiger partial charge in [0.2, 0.25) is 10.0 Å². The highest BCUT2D eigenvalue weighted by atomic mass is 32.2. The number of sulfonamides is 1. The van der Waals surface area contributed by atoms with Gasteiger partial charge in [0, 0.05) is 26.2 Å². The zero-order valence-corrected chi connectivity index (χ0v) is 15.8. The molecule has 27 heavy (non-hydrogen) atoms. The van der Waals surface area contributed by atoms with Crippen LogP contribution in [0.25, 0.3) is 0 Å². The van der Waals surface area contributed by atoms with Gasteiger partial charge in [-0.15, -0.1) is 0 Å². The van der Waals surface area contributed by atoms with Gasteiger partial charge in [0.05, 0.1) is 36.7 Å². The van der Waals surface area contributed by atoms with Gasteiger partial charge in [-0.05, 0) is 24.6 Å². The van der Waals surface area contributed by atoms with E-state index in [1.165, 1.54) is 34.5 Å². The summed E-state index contributed by atoms with van der Waals surface area (Å²) >= 11 is 0. The summed E-state index contributed by atoms with van der Waals surface area (Å²) in [4.78, 5) is 25.4. The summed E-state index contributed by atoms with van der Waals surface area (Å²) in [6, 6.07) is 4.16. The lowest BCUT2D eigenvalue weighted by molar-refractivity contribution is -0.141. The molecule has 0 saturated carbocycles. The number of carboxylic acids is 1. The number of hydrogen-bond donors (Lipinski definition) is 1. The molecule has 1 N–H and O–H groups in total. The molecule has 2 heterocycles. The number of morpholine rings is 1. The SMILES string of the molecule is COc1ccc(S(=O)(=O)N2CCOCC2)cc1C(=O)N1CCC(C(=O)O)C1. The third-order valence-corrected chi connectivity index (χ3v) is 6.73. The molecule has 0 aromatic heterocycles. The van der Waals surface area contributed by atoms with Crippen molar-refractivity contribution < 1.29 is 32.6 Å². The van der Waals surface area contributed by atoms with Crippen LogP contribution in [-0.2, 0) is 19.6 Å². The molecule has 0 spiro atoms. The average Bonchev–Trinajstić information content (AvgIpc) is 3.18. The first-order valence-electron chi connectivity index (χ1n) is 8.62. The van der Waals surface area contributed by atoms with Crippen molar-refractivity contribution in [2.24, 2.45) is 5.92 Å². The van der Waals surface area contributed by atoms with Crippen molar-refractivity contribution in [1.82, 2.24) is 9.21 Å². The van der Waals surface area contributed by atoms with Gasteiger partial charge in [-0.3, -0.25) is 9.59 Å². The number of methoxy groups -OCH3 is 1. The first kappa shape index (κ1) is 19.6. The van der Waals surface area contributed by atoms with Gasteiger partial charge in [-0.25, -0.2) is 8.42 Å². The van der Waals surface area contributed by atoms with Crippen LogP contribution in [0.1, 0.15) is 16.8 Å². The van der Waals surface area contributed by atoms with Crippen LogP contribution in [0.15, 0.2) is 23.1 Å².